The Morgan fingerprint density at radius 3 is 2.80 bits per heavy atom. The Bertz CT molecular complexity index is 440. The van der Waals surface area contributed by atoms with E-state index in [1.54, 1.807) is 0 Å². The summed E-state index contributed by atoms with van der Waals surface area (Å²) in [6.45, 7) is 0. The first-order valence-corrected chi connectivity index (χ1v) is 5.50. The van der Waals surface area contributed by atoms with Crippen LogP contribution in [0.15, 0.2) is 12.1 Å². The van der Waals surface area contributed by atoms with Crippen molar-refractivity contribution in [2.24, 2.45) is 0 Å². The van der Waals surface area contributed by atoms with Gasteiger partial charge in [-0.15, -0.1) is 0 Å². The highest BCUT2D eigenvalue weighted by Gasteiger charge is 2.15. The number of benzene rings is 1. The fraction of sp³-hybridized carbons (Fsp3) is 0.200. The van der Waals surface area contributed by atoms with Gasteiger partial charge in [0.15, 0.2) is 0 Å². The summed E-state index contributed by atoms with van der Waals surface area (Å²) in [4.78, 5) is 11.4. The maximum atomic E-state index is 11.4. The van der Waals surface area contributed by atoms with Crippen LogP contribution in [0, 0.1) is 11.3 Å². The summed E-state index contributed by atoms with van der Waals surface area (Å²) in [5.74, 6) is -0.497. The van der Waals surface area contributed by atoms with Crippen molar-refractivity contribution in [2.75, 3.05) is 7.11 Å². The van der Waals surface area contributed by atoms with Crippen molar-refractivity contribution >= 4 is 33.5 Å². The van der Waals surface area contributed by atoms with Crippen LogP contribution >= 0.6 is 27.5 Å². The minimum absolute atomic E-state index is 0.318. The molecule has 0 fully saturated rings. The lowest BCUT2D eigenvalue weighted by atomic mass is 10.1. The normalized spacial score (nSPS) is 9.47. The summed E-state index contributed by atoms with van der Waals surface area (Å²) in [5, 5.41) is 9.55. The van der Waals surface area contributed by atoms with Gasteiger partial charge in [0.05, 0.1) is 24.3 Å². The number of alkyl halides is 1. The fourth-order valence-electron chi connectivity index (χ4n) is 1.13. The Balaban J connectivity index is 3.40. The Hall–Kier alpha value is -1.05. The van der Waals surface area contributed by atoms with E-state index in [0.717, 1.165) is 0 Å². The van der Waals surface area contributed by atoms with E-state index < -0.39 is 5.97 Å². The van der Waals surface area contributed by atoms with Gasteiger partial charge in [0.25, 0.3) is 0 Å². The van der Waals surface area contributed by atoms with Crippen molar-refractivity contribution in [1.82, 2.24) is 0 Å². The van der Waals surface area contributed by atoms with Gasteiger partial charge in [-0.2, -0.15) is 5.26 Å². The molecular weight excluding hydrogens is 281 g/mol. The van der Waals surface area contributed by atoms with E-state index >= 15 is 0 Å². The second kappa shape index (κ2) is 5.15. The van der Waals surface area contributed by atoms with Crippen molar-refractivity contribution < 1.29 is 9.53 Å². The summed E-state index contributed by atoms with van der Waals surface area (Å²) >= 11 is 9.15. The van der Waals surface area contributed by atoms with E-state index in [-0.39, 0.29) is 0 Å². The van der Waals surface area contributed by atoms with E-state index in [0.29, 0.717) is 27.0 Å². The molecule has 0 aliphatic heterocycles. The van der Waals surface area contributed by atoms with Gasteiger partial charge < -0.3 is 4.74 Å². The molecule has 15 heavy (non-hydrogen) atoms. The molecule has 0 aliphatic rings. The topological polar surface area (TPSA) is 50.1 Å². The third kappa shape index (κ3) is 2.49. The van der Waals surface area contributed by atoms with E-state index in [9.17, 15) is 4.79 Å². The molecule has 0 radical (unpaired) electrons. The molecule has 0 saturated carbocycles. The van der Waals surface area contributed by atoms with Crippen LogP contribution in [0.1, 0.15) is 21.5 Å². The van der Waals surface area contributed by atoms with Gasteiger partial charge in [-0.05, 0) is 17.7 Å². The van der Waals surface area contributed by atoms with E-state index in [2.05, 4.69) is 20.7 Å². The molecular formula is C10H7BrClNO2. The number of ether oxygens (including phenoxy) is 1. The molecule has 0 aromatic heterocycles. The van der Waals surface area contributed by atoms with E-state index in [1.165, 1.54) is 19.2 Å². The first kappa shape index (κ1) is 12.0. The zero-order valence-electron chi connectivity index (χ0n) is 7.88. The molecule has 5 heteroatoms. The zero-order valence-corrected chi connectivity index (χ0v) is 10.2. The van der Waals surface area contributed by atoms with Gasteiger partial charge in [-0.25, -0.2) is 4.79 Å². The standard InChI is InChI=1S/C10H7BrClNO2/c1-15-10(14)7-2-6(5-13)3-9(12)8(7)4-11/h2-3H,4H2,1H3. The van der Waals surface area contributed by atoms with Crippen molar-refractivity contribution in [2.45, 2.75) is 5.33 Å². The Kier molecular flexibility index (Phi) is 4.13. The summed E-state index contributed by atoms with van der Waals surface area (Å²) < 4.78 is 4.61. The van der Waals surface area contributed by atoms with Gasteiger partial charge >= 0.3 is 5.97 Å². The zero-order chi connectivity index (χ0) is 11.4. The molecule has 0 unspecified atom stereocenters. The summed E-state index contributed by atoms with van der Waals surface area (Å²) in [5.41, 5.74) is 1.28. The molecule has 0 bridgehead atoms. The third-order valence-corrected chi connectivity index (χ3v) is 2.76. The highest BCUT2D eigenvalue weighted by Crippen LogP contribution is 2.25. The van der Waals surface area contributed by atoms with Crippen LogP contribution in [0.2, 0.25) is 5.02 Å². The minimum Gasteiger partial charge on any atom is -0.465 e. The lowest BCUT2D eigenvalue weighted by Gasteiger charge is -2.07. The molecule has 1 rings (SSSR count). The Morgan fingerprint density at radius 2 is 2.33 bits per heavy atom. The van der Waals surface area contributed by atoms with Crippen LogP contribution in [0.5, 0.6) is 0 Å². The fourth-order valence-corrected chi connectivity index (χ4v) is 2.18. The molecule has 1 aromatic rings. The van der Waals surface area contributed by atoms with Crippen molar-refractivity contribution in [3.05, 3.63) is 33.8 Å². The highest BCUT2D eigenvalue weighted by molar-refractivity contribution is 9.08. The lowest BCUT2D eigenvalue weighted by molar-refractivity contribution is 0.0600. The van der Waals surface area contributed by atoms with E-state index in [4.69, 9.17) is 16.9 Å². The number of esters is 1. The van der Waals surface area contributed by atoms with Gasteiger partial charge in [0.2, 0.25) is 0 Å². The number of halogens is 2. The predicted molar refractivity (Wildman–Crippen MR) is 60.1 cm³/mol. The maximum absolute atomic E-state index is 11.4. The van der Waals surface area contributed by atoms with Crippen molar-refractivity contribution in [1.29, 1.82) is 5.26 Å². The number of methoxy groups -OCH3 is 1. The number of carbonyl (C=O) groups is 1. The Labute approximate surface area is 101 Å². The molecule has 0 spiro atoms. The molecule has 0 aliphatic carbocycles. The first-order chi connectivity index (χ1) is 7.13. The third-order valence-electron chi connectivity index (χ3n) is 1.86. The Morgan fingerprint density at radius 1 is 1.67 bits per heavy atom. The van der Waals surface area contributed by atoms with Crippen molar-refractivity contribution in [3.8, 4) is 6.07 Å². The summed E-state index contributed by atoms with van der Waals surface area (Å²) in [6.07, 6.45) is 0. The van der Waals surface area contributed by atoms with Gasteiger partial charge in [0, 0.05) is 10.4 Å². The molecule has 0 amide bonds. The van der Waals surface area contributed by atoms with Crippen LogP contribution < -0.4 is 0 Å². The molecule has 3 nitrogen and oxygen atoms in total. The number of hydrogen-bond acceptors (Lipinski definition) is 3. The largest absolute Gasteiger partial charge is 0.465 e. The number of carbonyl (C=O) groups excluding carboxylic acids is 1. The summed E-state index contributed by atoms with van der Waals surface area (Å²) in [7, 11) is 1.29. The molecule has 0 saturated heterocycles. The molecule has 78 valence electrons. The lowest BCUT2D eigenvalue weighted by Crippen LogP contribution is -2.06. The van der Waals surface area contributed by atoms with Crippen LogP contribution in [0.4, 0.5) is 0 Å². The van der Waals surface area contributed by atoms with Crippen LogP contribution in [-0.4, -0.2) is 13.1 Å². The number of nitriles is 1. The number of nitrogens with zero attached hydrogens (tertiary/aromatic N) is 1. The van der Waals surface area contributed by atoms with Crippen LogP contribution in [0.25, 0.3) is 0 Å². The van der Waals surface area contributed by atoms with Gasteiger partial charge in [-0.3, -0.25) is 0 Å². The van der Waals surface area contributed by atoms with Gasteiger partial charge in [-0.1, -0.05) is 27.5 Å². The minimum atomic E-state index is -0.497. The average molecular weight is 289 g/mol. The monoisotopic (exact) mass is 287 g/mol. The second-order valence-corrected chi connectivity index (χ2v) is 3.69. The van der Waals surface area contributed by atoms with Crippen LogP contribution in [0.3, 0.4) is 0 Å². The SMILES string of the molecule is COC(=O)c1cc(C#N)cc(Cl)c1CBr. The van der Waals surface area contributed by atoms with Gasteiger partial charge in [0.1, 0.15) is 0 Å². The molecule has 0 atom stereocenters. The molecule has 0 heterocycles. The number of rotatable bonds is 2. The average Bonchev–Trinajstić information content (AvgIpc) is 2.26. The first-order valence-electron chi connectivity index (χ1n) is 4.00. The van der Waals surface area contributed by atoms with Crippen LogP contribution in [-0.2, 0) is 10.1 Å². The van der Waals surface area contributed by atoms with E-state index in [1.807, 2.05) is 6.07 Å². The maximum Gasteiger partial charge on any atom is 0.338 e. The smallest absolute Gasteiger partial charge is 0.338 e. The highest BCUT2D eigenvalue weighted by atomic mass is 79.9. The van der Waals surface area contributed by atoms with Crippen molar-refractivity contribution in [3.63, 3.8) is 0 Å². The molecule has 1 aromatic carbocycles. The predicted octanol–water partition coefficient (Wildman–Crippen LogP) is 2.89. The second-order valence-electron chi connectivity index (χ2n) is 2.72. The number of hydrogen-bond donors (Lipinski definition) is 0. The molecule has 0 N–H and O–H groups in total. The summed E-state index contributed by atoms with van der Waals surface area (Å²) in [6, 6.07) is 4.92. The quantitative estimate of drug-likeness (QED) is 0.621.